The quantitative estimate of drug-likeness (QED) is 0.522. The van der Waals surface area contributed by atoms with Crippen LogP contribution in [0.2, 0.25) is 0 Å². The lowest BCUT2D eigenvalue weighted by molar-refractivity contribution is 0.307. The lowest BCUT2D eigenvalue weighted by Gasteiger charge is -2.12. The lowest BCUT2D eigenvalue weighted by Crippen LogP contribution is -2.28. The molecule has 1 N–H and O–H groups in total. The zero-order valence-corrected chi connectivity index (χ0v) is 17.8. The molecule has 8 nitrogen and oxygen atoms in total. The molecule has 0 aliphatic heterocycles. The van der Waals surface area contributed by atoms with Gasteiger partial charge in [0, 0.05) is 18.2 Å². The minimum atomic E-state index is -3.73. The van der Waals surface area contributed by atoms with Crippen molar-refractivity contribution in [3.05, 3.63) is 60.2 Å². The van der Waals surface area contributed by atoms with Crippen LogP contribution in [-0.2, 0) is 10.0 Å². The molecule has 2 aromatic carbocycles. The van der Waals surface area contributed by atoms with Gasteiger partial charge in [-0.1, -0.05) is 6.07 Å². The topological polar surface area (TPSA) is 99.6 Å². The first kappa shape index (κ1) is 21.5. The Bertz CT molecular complexity index is 1080. The van der Waals surface area contributed by atoms with Gasteiger partial charge in [-0.05, 0) is 55.0 Å². The Morgan fingerprint density at radius 1 is 0.933 bits per heavy atom. The summed E-state index contributed by atoms with van der Waals surface area (Å²) in [5.74, 6) is 1.35. The average molecular weight is 429 g/mol. The van der Waals surface area contributed by atoms with Crippen LogP contribution in [0.5, 0.6) is 17.4 Å². The van der Waals surface area contributed by atoms with E-state index in [9.17, 15) is 8.42 Å². The second kappa shape index (κ2) is 9.55. The van der Waals surface area contributed by atoms with Gasteiger partial charge in [-0.3, -0.25) is 0 Å². The van der Waals surface area contributed by atoms with Gasteiger partial charge in [-0.2, -0.15) is 0 Å². The molecule has 1 aromatic heterocycles. The summed E-state index contributed by atoms with van der Waals surface area (Å²) in [6.45, 7) is 1.99. The van der Waals surface area contributed by atoms with E-state index in [2.05, 4.69) is 14.9 Å². The summed E-state index contributed by atoms with van der Waals surface area (Å²) in [4.78, 5) is 0.0913. The van der Waals surface area contributed by atoms with Gasteiger partial charge in [0.2, 0.25) is 15.9 Å². The van der Waals surface area contributed by atoms with Crippen molar-refractivity contribution in [2.45, 2.75) is 11.8 Å². The number of hydrogen-bond acceptors (Lipinski definition) is 7. The van der Waals surface area contributed by atoms with Crippen LogP contribution in [-0.4, -0.2) is 46.0 Å². The molecule has 1 heterocycles. The second-order valence-electron chi connectivity index (χ2n) is 6.39. The Kier molecular flexibility index (Phi) is 6.86. The Balaban J connectivity index is 1.56. The molecule has 0 atom stereocenters. The number of aromatic nitrogens is 2. The van der Waals surface area contributed by atoms with E-state index in [1.165, 1.54) is 7.11 Å². The summed E-state index contributed by atoms with van der Waals surface area (Å²) in [6.07, 6.45) is 0. The van der Waals surface area contributed by atoms with Gasteiger partial charge in [-0.25, -0.2) is 13.1 Å². The van der Waals surface area contributed by atoms with Crippen molar-refractivity contribution in [2.75, 3.05) is 27.4 Å². The molecular formula is C21H23N3O5S. The second-order valence-corrected chi connectivity index (χ2v) is 8.12. The monoisotopic (exact) mass is 429 g/mol. The highest BCUT2D eigenvalue weighted by molar-refractivity contribution is 7.89. The molecule has 3 aromatic rings. The Hall–Kier alpha value is -3.17. The molecule has 0 bridgehead atoms. The lowest BCUT2D eigenvalue weighted by atomic mass is 10.1. The smallest absolute Gasteiger partial charge is 0.244 e. The SMILES string of the molecule is COc1ccc(-c2ccc(OCCNS(=O)(=O)c3cc(C)ccc3OC)nn2)cc1. The number of nitrogens with zero attached hydrogens (tertiary/aromatic N) is 2. The van der Waals surface area contributed by atoms with Gasteiger partial charge >= 0.3 is 0 Å². The number of aryl methyl sites for hydroxylation is 1. The third-order valence-corrected chi connectivity index (χ3v) is 5.76. The fourth-order valence-corrected chi connectivity index (χ4v) is 3.98. The maximum Gasteiger partial charge on any atom is 0.244 e. The van der Waals surface area contributed by atoms with Crippen molar-refractivity contribution in [1.29, 1.82) is 0 Å². The molecule has 158 valence electrons. The minimum Gasteiger partial charge on any atom is -0.497 e. The largest absolute Gasteiger partial charge is 0.497 e. The summed E-state index contributed by atoms with van der Waals surface area (Å²) in [5, 5.41) is 8.17. The van der Waals surface area contributed by atoms with Crippen molar-refractivity contribution in [3.63, 3.8) is 0 Å². The van der Waals surface area contributed by atoms with Crippen LogP contribution in [0.15, 0.2) is 59.5 Å². The van der Waals surface area contributed by atoms with Gasteiger partial charge in [0.15, 0.2) is 0 Å². The molecule has 0 radical (unpaired) electrons. The molecule has 0 fully saturated rings. The van der Waals surface area contributed by atoms with Crippen molar-refractivity contribution in [2.24, 2.45) is 0 Å². The number of nitrogens with one attached hydrogen (secondary N) is 1. The average Bonchev–Trinajstić information content (AvgIpc) is 2.77. The van der Waals surface area contributed by atoms with Gasteiger partial charge in [0.1, 0.15) is 23.0 Å². The van der Waals surface area contributed by atoms with Gasteiger partial charge in [-0.15, -0.1) is 10.2 Å². The zero-order chi connectivity index (χ0) is 21.6. The predicted octanol–water partition coefficient (Wildman–Crippen LogP) is 2.83. The first-order chi connectivity index (χ1) is 14.4. The van der Waals surface area contributed by atoms with E-state index in [0.29, 0.717) is 11.6 Å². The van der Waals surface area contributed by atoms with Crippen LogP contribution >= 0.6 is 0 Å². The molecule has 0 saturated carbocycles. The molecule has 3 rings (SSSR count). The molecule has 0 aliphatic rings. The summed E-state index contributed by atoms with van der Waals surface area (Å²) >= 11 is 0. The summed E-state index contributed by atoms with van der Waals surface area (Å²) in [6, 6.07) is 15.9. The van der Waals surface area contributed by atoms with E-state index >= 15 is 0 Å². The van der Waals surface area contributed by atoms with Gasteiger partial charge in [0.05, 0.1) is 19.9 Å². The summed E-state index contributed by atoms with van der Waals surface area (Å²) in [5.41, 5.74) is 2.41. The minimum absolute atomic E-state index is 0.0708. The van der Waals surface area contributed by atoms with Crippen LogP contribution in [0.1, 0.15) is 5.56 Å². The van der Waals surface area contributed by atoms with Gasteiger partial charge < -0.3 is 14.2 Å². The van der Waals surface area contributed by atoms with E-state index in [4.69, 9.17) is 14.2 Å². The number of rotatable bonds is 9. The van der Waals surface area contributed by atoms with E-state index in [0.717, 1.165) is 16.9 Å². The van der Waals surface area contributed by atoms with Crippen LogP contribution in [0, 0.1) is 6.92 Å². The number of methoxy groups -OCH3 is 2. The van der Waals surface area contributed by atoms with E-state index in [1.807, 2.05) is 31.2 Å². The third kappa shape index (κ3) is 5.25. The molecule has 0 aliphatic carbocycles. The number of hydrogen-bond donors (Lipinski definition) is 1. The highest BCUT2D eigenvalue weighted by atomic mass is 32.2. The fraction of sp³-hybridized carbons (Fsp3) is 0.238. The summed E-state index contributed by atoms with van der Waals surface area (Å²) < 4.78 is 43.4. The molecule has 0 spiro atoms. The number of benzene rings is 2. The van der Waals surface area contributed by atoms with Crippen LogP contribution in [0.25, 0.3) is 11.3 Å². The predicted molar refractivity (Wildman–Crippen MR) is 112 cm³/mol. The Labute approximate surface area is 175 Å². The number of ether oxygens (including phenoxy) is 3. The maximum absolute atomic E-state index is 12.5. The zero-order valence-electron chi connectivity index (χ0n) is 17.0. The van der Waals surface area contributed by atoms with Crippen molar-refractivity contribution in [3.8, 4) is 28.6 Å². The van der Waals surface area contributed by atoms with Crippen molar-refractivity contribution >= 4 is 10.0 Å². The molecular weight excluding hydrogens is 406 g/mol. The van der Waals surface area contributed by atoms with E-state index < -0.39 is 10.0 Å². The number of sulfonamides is 1. The summed E-state index contributed by atoms with van der Waals surface area (Å²) in [7, 11) is -0.689. The normalized spacial score (nSPS) is 11.2. The van der Waals surface area contributed by atoms with Crippen LogP contribution in [0.3, 0.4) is 0 Å². The maximum atomic E-state index is 12.5. The van der Waals surface area contributed by atoms with E-state index in [1.54, 1.807) is 37.4 Å². The Morgan fingerprint density at radius 2 is 1.70 bits per heavy atom. The highest BCUT2D eigenvalue weighted by Crippen LogP contribution is 2.24. The molecule has 9 heteroatoms. The first-order valence-electron chi connectivity index (χ1n) is 9.18. The van der Waals surface area contributed by atoms with E-state index in [-0.39, 0.29) is 23.8 Å². The van der Waals surface area contributed by atoms with Gasteiger partial charge in [0.25, 0.3) is 0 Å². The van der Waals surface area contributed by atoms with Crippen molar-refractivity contribution < 1.29 is 22.6 Å². The highest BCUT2D eigenvalue weighted by Gasteiger charge is 2.19. The standard InChI is InChI=1S/C21H23N3O5S/c1-15-4-10-19(28-3)20(14-15)30(25,26)22-12-13-29-21-11-9-18(23-24-21)16-5-7-17(27-2)8-6-16/h4-11,14,22H,12-13H2,1-3H3. The third-order valence-electron chi connectivity index (χ3n) is 4.28. The Morgan fingerprint density at radius 3 is 2.33 bits per heavy atom. The molecule has 30 heavy (non-hydrogen) atoms. The van der Waals surface area contributed by atoms with Crippen molar-refractivity contribution in [1.82, 2.24) is 14.9 Å². The molecule has 0 amide bonds. The van der Waals surface area contributed by atoms with Crippen LogP contribution < -0.4 is 18.9 Å². The van der Waals surface area contributed by atoms with Crippen LogP contribution in [0.4, 0.5) is 0 Å². The molecule has 0 unspecified atom stereocenters. The first-order valence-corrected chi connectivity index (χ1v) is 10.7. The molecule has 0 saturated heterocycles. The fourth-order valence-electron chi connectivity index (χ4n) is 2.72.